The molecule has 2 amide bonds. The highest BCUT2D eigenvalue weighted by molar-refractivity contribution is 6.22. The fraction of sp³-hybridized carbons (Fsp3) is 0.353. The SMILES string of the molecule is CC(=O)c1ccc(N2C(=O)C3CC=CC(C)C3C2=O)cc1. The van der Waals surface area contributed by atoms with Crippen LogP contribution in [0.3, 0.4) is 0 Å². The van der Waals surface area contributed by atoms with Crippen LogP contribution in [0.15, 0.2) is 36.4 Å². The summed E-state index contributed by atoms with van der Waals surface area (Å²) >= 11 is 0. The topological polar surface area (TPSA) is 54.5 Å². The number of amides is 2. The van der Waals surface area contributed by atoms with Crippen LogP contribution in [0.1, 0.15) is 30.6 Å². The van der Waals surface area contributed by atoms with Gasteiger partial charge in [0.15, 0.2) is 5.78 Å². The lowest BCUT2D eigenvalue weighted by Crippen LogP contribution is -2.31. The number of carbonyl (C=O) groups excluding carboxylic acids is 3. The smallest absolute Gasteiger partial charge is 0.238 e. The number of allylic oxidation sites excluding steroid dienone is 2. The molecule has 0 aromatic heterocycles. The lowest BCUT2D eigenvalue weighted by atomic mass is 9.78. The lowest BCUT2D eigenvalue weighted by molar-refractivity contribution is -0.122. The van der Waals surface area contributed by atoms with E-state index in [0.29, 0.717) is 17.7 Å². The van der Waals surface area contributed by atoms with Crippen molar-refractivity contribution in [3.63, 3.8) is 0 Å². The monoisotopic (exact) mass is 283 g/mol. The van der Waals surface area contributed by atoms with Crippen LogP contribution < -0.4 is 4.90 Å². The van der Waals surface area contributed by atoms with E-state index >= 15 is 0 Å². The molecule has 4 heteroatoms. The Morgan fingerprint density at radius 2 is 1.81 bits per heavy atom. The molecule has 1 saturated heterocycles. The number of anilines is 1. The number of nitrogens with zero attached hydrogens (tertiary/aromatic N) is 1. The van der Waals surface area contributed by atoms with Crippen molar-refractivity contribution < 1.29 is 14.4 Å². The van der Waals surface area contributed by atoms with E-state index in [1.54, 1.807) is 24.3 Å². The van der Waals surface area contributed by atoms with Gasteiger partial charge in [0, 0.05) is 5.56 Å². The predicted molar refractivity (Wildman–Crippen MR) is 78.8 cm³/mol. The Morgan fingerprint density at radius 3 is 2.38 bits per heavy atom. The Morgan fingerprint density at radius 1 is 1.14 bits per heavy atom. The Labute approximate surface area is 123 Å². The normalized spacial score (nSPS) is 27.9. The molecule has 0 saturated carbocycles. The van der Waals surface area contributed by atoms with Gasteiger partial charge in [-0.15, -0.1) is 0 Å². The summed E-state index contributed by atoms with van der Waals surface area (Å²) in [7, 11) is 0. The lowest BCUT2D eigenvalue weighted by Gasteiger charge is -2.22. The highest BCUT2D eigenvalue weighted by Crippen LogP contribution is 2.40. The van der Waals surface area contributed by atoms with Gasteiger partial charge >= 0.3 is 0 Å². The van der Waals surface area contributed by atoms with Crippen molar-refractivity contribution in [3.8, 4) is 0 Å². The van der Waals surface area contributed by atoms with Gasteiger partial charge in [0.2, 0.25) is 11.8 Å². The Balaban J connectivity index is 1.94. The van der Waals surface area contributed by atoms with Crippen LogP contribution in [-0.4, -0.2) is 17.6 Å². The molecule has 21 heavy (non-hydrogen) atoms. The molecule has 1 aliphatic heterocycles. The third-order valence-electron chi connectivity index (χ3n) is 4.40. The second-order valence-corrected chi connectivity index (χ2v) is 5.77. The molecule has 1 fully saturated rings. The quantitative estimate of drug-likeness (QED) is 0.476. The number of ketones is 1. The Kier molecular flexibility index (Phi) is 3.24. The third kappa shape index (κ3) is 2.11. The zero-order valence-electron chi connectivity index (χ0n) is 12.1. The first-order valence-electron chi connectivity index (χ1n) is 7.16. The second-order valence-electron chi connectivity index (χ2n) is 5.77. The molecule has 0 radical (unpaired) electrons. The van der Waals surface area contributed by atoms with E-state index in [2.05, 4.69) is 0 Å². The molecule has 108 valence electrons. The maximum Gasteiger partial charge on any atom is 0.238 e. The summed E-state index contributed by atoms with van der Waals surface area (Å²) in [6.45, 7) is 3.46. The molecule has 0 spiro atoms. The van der Waals surface area contributed by atoms with Crippen molar-refractivity contribution in [3.05, 3.63) is 42.0 Å². The minimum Gasteiger partial charge on any atom is -0.295 e. The van der Waals surface area contributed by atoms with Crippen LogP contribution in [0, 0.1) is 17.8 Å². The molecular weight excluding hydrogens is 266 g/mol. The van der Waals surface area contributed by atoms with Crippen LogP contribution in [-0.2, 0) is 9.59 Å². The first-order valence-corrected chi connectivity index (χ1v) is 7.16. The van der Waals surface area contributed by atoms with Crippen molar-refractivity contribution in [1.82, 2.24) is 0 Å². The van der Waals surface area contributed by atoms with Crippen molar-refractivity contribution in [2.75, 3.05) is 4.90 Å². The summed E-state index contributed by atoms with van der Waals surface area (Å²) in [6, 6.07) is 6.65. The largest absolute Gasteiger partial charge is 0.295 e. The highest BCUT2D eigenvalue weighted by Gasteiger charge is 2.50. The van der Waals surface area contributed by atoms with Gasteiger partial charge in [-0.1, -0.05) is 19.1 Å². The number of benzene rings is 1. The third-order valence-corrected chi connectivity index (χ3v) is 4.40. The van der Waals surface area contributed by atoms with Crippen LogP contribution in [0.5, 0.6) is 0 Å². The molecule has 4 nitrogen and oxygen atoms in total. The summed E-state index contributed by atoms with van der Waals surface area (Å²) in [5, 5.41) is 0. The fourth-order valence-corrected chi connectivity index (χ4v) is 3.25. The Hall–Kier alpha value is -2.23. The molecule has 2 aliphatic rings. The van der Waals surface area contributed by atoms with Gasteiger partial charge in [0.1, 0.15) is 0 Å². The number of rotatable bonds is 2. The minimum absolute atomic E-state index is 0.0351. The van der Waals surface area contributed by atoms with Crippen LogP contribution in [0.4, 0.5) is 5.69 Å². The fourth-order valence-electron chi connectivity index (χ4n) is 3.25. The van der Waals surface area contributed by atoms with Crippen LogP contribution >= 0.6 is 0 Å². The minimum atomic E-state index is -0.255. The molecule has 3 atom stereocenters. The number of imide groups is 1. The van der Waals surface area contributed by atoms with Gasteiger partial charge < -0.3 is 0 Å². The maximum absolute atomic E-state index is 12.6. The summed E-state index contributed by atoms with van der Waals surface area (Å²) < 4.78 is 0. The molecule has 1 heterocycles. The summed E-state index contributed by atoms with van der Waals surface area (Å²) in [5.41, 5.74) is 1.13. The van der Waals surface area contributed by atoms with E-state index in [9.17, 15) is 14.4 Å². The molecule has 3 rings (SSSR count). The molecular formula is C17H17NO3. The van der Waals surface area contributed by atoms with E-state index in [4.69, 9.17) is 0 Å². The van der Waals surface area contributed by atoms with Gasteiger partial charge in [-0.25, -0.2) is 0 Å². The van der Waals surface area contributed by atoms with E-state index < -0.39 is 0 Å². The number of carbonyl (C=O) groups is 3. The summed E-state index contributed by atoms with van der Waals surface area (Å²) in [5.74, 6) is -0.706. The van der Waals surface area contributed by atoms with E-state index in [-0.39, 0.29) is 35.4 Å². The van der Waals surface area contributed by atoms with Gasteiger partial charge in [-0.05, 0) is 43.5 Å². The summed E-state index contributed by atoms with van der Waals surface area (Å²) in [6.07, 6.45) is 4.62. The average molecular weight is 283 g/mol. The highest BCUT2D eigenvalue weighted by atomic mass is 16.2. The zero-order valence-corrected chi connectivity index (χ0v) is 12.1. The molecule has 3 unspecified atom stereocenters. The first kappa shape index (κ1) is 13.7. The predicted octanol–water partition coefficient (Wildman–Crippen LogP) is 2.59. The molecule has 0 bridgehead atoms. The van der Waals surface area contributed by atoms with Gasteiger partial charge in [-0.3, -0.25) is 19.3 Å². The van der Waals surface area contributed by atoms with E-state index in [0.717, 1.165) is 0 Å². The van der Waals surface area contributed by atoms with Crippen molar-refractivity contribution in [2.45, 2.75) is 20.3 Å². The molecule has 1 aromatic carbocycles. The van der Waals surface area contributed by atoms with Crippen molar-refractivity contribution in [1.29, 1.82) is 0 Å². The maximum atomic E-state index is 12.6. The molecule has 0 N–H and O–H groups in total. The summed E-state index contributed by atoms with van der Waals surface area (Å²) in [4.78, 5) is 37.7. The van der Waals surface area contributed by atoms with Gasteiger partial charge in [0.05, 0.1) is 17.5 Å². The van der Waals surface area contributed by atoms with Crippen LogP contribution in [0.25, 0.3) is 0 Å². The zero-order chi connectivity index (χ0) is 15.1. The van der Waals surface area contributed by atoms with Crippen LogP contribution in [0.2, 0.25) is 0 Å². The molecule has 1 aliphatic carbocycles. The number of fused-ring (bicyclic) bond motifs is 1. The standard InChI is InChI=1S/C17H17NO3/c1-10-4-3-5-14-15(10)17(21)18(16(14)20)13-8-6-12(7-9-13)11(2)19/h3-4,6-10,14-15H,5H2,1-2H3. The first-order chi connectivity index (χ1) is 10.0. The van der Waals surface area contributed by atoms with Gasteiger partial charge in [0.25, 0.3) is 0 Å². The van der Waals surface area contributed by atoms with E-state index in [1.807, 2.05) is 19.1 Å². The van der Waals surface area contributed by atoms with Gasteiger partial charge in [-0.2, -0.15) is 0 Å². The molecule has 1 aromatic rings. The number of hydrogen-bond donors (Lipinski definition) is 0. The Bertz CT molecular complexity index is 645. The second kappa shape index (κ2) is 4.95. The number of Topliss-reactive ketones (excluding diaryl/α,β-unsaturated/α-hetero) is 1. The van der Waals surface area contributed by atoms with Crippen molar-refractivity contribution >= 4 is 23.3 Å². The number of hydrogen-bond acceptors (Lipinski definition) is 3. The van der Waals surface area contributed by atoms with Crippen molar-refractivity contribution in [2.24, 2.45) is 17.8 Å². The average Bonchev–Trinajstić information content (AvgIpc) is 2.72. The van der Waals surface area contributed by atoms with E-state index in [1.165, 1.54) is 11.8 Å².